The second kappa shape index (κ2) is 7.42. The molecule has 21 heavy (non-hydrogen) atoms. The molecule has 1 heterocycles. The summed E-state index contributed by atoms with van der Waals surface area (Å²) in [7, 11) is 0. The fourth-order valence-electron chi connectivity index (χ4n) is 3.76. The van der Waals surface area contributed by atoms with Crippen LogP contribution in [-0.2, 0) is 0 Å². The number of hydrogen-bond donors (Lipinski definition) is 1. The van der Waals surface area contributed by atoms with Crippen LogP contribution in [0, 0.1) is 0 Å². The van der Waals surface area contributed by atoms with Crippen molar-refractivity contribution >= 4 is 0 Å². The lowest BCUT2D eigenvalue weighted by Crippen LogP contribution is -2.58. The van der Waals surface area contributed by atoms with Crippen molar-refractivity contribution in [1.82, 2.24) is 10.2 Å². The first kappa shape index (κ1) is 16.5. The molecule has 1 fully saturated rings. The predicted molar refractivity (Wildman–Crippen MR) is 91.6 cm³/mol. The minimum absolute atomic E-state index is 0.267. The standard InChI is InChI=1S/C19H32N2/c1-5-10-17-15-21(19(3,4)13-6-2)18(14-20-17)16-11-8-7-9-12-16/h7-9,11-12,17-18,20H,5-6,10,13-15H2,1-4H3. The number of rotatable bonds is 6. The lowest BCUT2D eigenvalue weighted by atomic mass is 9.89. The molecule has 2 nitrogen and oxygen atoms in total. The zero-order chi connectivity index (χ0) is 15.3. The summed E-state index contributed by atoms with van der Waals surface area (Å²) in [4.78, 5) is 2.75. The lowest BCUT2D eigenvalue weighted by molar-refractivity contribution is 0.0221. The summed E-state index contributed by atoms with van der Waals surface area (Å²) in [6.07, 6.45) is 5.04. The third-order valence-corrected chi connectivity index (χ3v) is 4.85. The topological polar surface area (TPSA) is 15.3 Å². The monoisotopic (exact) mass is 288 g/mol. The van der Waals surface area contributed by atoms with Gasteiger partial charge in [0.1, 0.15) is 0 Å². The van der Waals surface area contributed by atoms with E-state index in [9.17, 15) is 0 Å². The Kier molecular flexibility index (Phi) is 5.83. The summed E-state index contributed by atoms with van der Waals surface area (Å²) in [6.45, 7) is 11.7. The van der Waals surface area contributed by atoms with E-state index in [1.807, 2.05) is 0 Å². The Labute approximate surface area is 130 Å². The van der Waals surface area contributed by atoms with E-state index in [0.29, 0.717) is 12.1 Å². The second-order valence-corrected chi connectivity index (χ2v) is 7.04. The summed E-state index contributed by atoms with van der Waals surface area (Å²) in [5, 5.41) is 3.77. The van der Waals surface area contributed by atoms with Crippen LogP contribution in [0.2, 0.25) is 0 Å². The number of nitrogens with zero attached hydrogens (tertiary/aromatic N) is 1. The van der Waals surface area contributed by atoms with Gasteiger partial charge in [-0.1, -0.05) is 57.0 Å². The van der Waals surface area contributed by atoms with Crippen LogP contribution in [0.5, 0.6) is 0 Å². The van der Waals surface area contributed by atoms with E-state index in [1.54, 1.807) is 0 Å². The smallest absolute Gasteiger partial charge is 0.0478 e. The highest BCUT2D eigenvalue weighted by atomic mass is 15.3. The Balaban J connectivity index is 2.22. The van der Waals surface area contributed by atoms with Crippen molar-refractivity contribution in [3.8, 4) is 0 Å². The Bertz CT molecular complexity index is 413. The van der Waals surface area contributed by atoms with Crippen molar-refractivity contribution < 1.29 is 0 Å². The van der Waals surface area contributed by atoms with E-state index < -0.39 is 0 Å². The molecule has 1 aliphatic heterocycles. The molecule has 0 saturated carbocycles. The SMILES string of the molecule is CCCC1CN(C(C)(C)CCC)C(c2ccccc2)CN1. The van der Waals surface area contributed by atoms with Gasteiger partial charge in [0.05, 0.1) is 0 Å². The van der Waals surface area contributed by atoms with Crippen molar-refractivity contribution in [2.75, 3.05) is 13.1 Å². The van der Waals surface area contributed by atoms with Crippen LogP contribution in [0.3, 0.4) is 0 Å². The fraction of sp³-hybridized carbons (Fsp3) is 0.684. The second-order valence-electron chi connectivity index (χ2n) is 7.04. The molecule has 1 aromatic carbocycles. The molecule has 0 aromatic heterocycles. The van der Waals surface area contributed by atoms with Crippen LogP contribution in [0.15, 0.2) is 30.3 Å². The van der Waals surface area contributed by atoms with E-state index in [1.165, 1.54) is 37.8 Å². The van der Waals surface area contributed by atoms with Gasteiger partial charge >= 0.3 is 0 Å². The van der Waals surface area contributed by atoms with E-state index in [2.05, 4.69) is 68.2 Å². The van der Waals surface area contributed by atoms with Crippen LogP contribution >= 0.6 is 0 Å². The third kappa shape index (κ3) is 4.08. The molecule has 1 N–H and O–H groups in total. The van der Waals surface area contributed by atoms with E-state index >= 15 is 0 Å². The summed E-state index contributed by atoms with van der Waals surface area (Å²) in [5.74, 6) is 0. The van der Waals surface area contributed by atoms with Gasteiger partial charge in [0.2, 0.25) is 0 Å². The fourth-order valence-corrected chi connectivity index (χ4v) is 3.76. The van der Waals surface area contributed by atoms with E-state index in [4.69, 9.17) is 0 Å². The van der Waals surface area contributed by atoms with Crippen LogP contribution in [0.4, 0.5) is 0 Å². The largest absolute Gasteiger partial charge is 0.311 e. The van der Waals surface area contributed by atoms with Gasteiger partial charge in [0, 0.05) is 30.7 Å². The van der Waals surface area contributed by atoms with Gasteiger partial charge in [-0.15, -0.1) is 0 Å². The summed E-state index contributed by atoms with van der Waals surface area (Å²) < 4.78 is 0. The first-order valence-corrected chi connectivity index (χ1v) is 8.63. The van der Waals surface area contributed by atoms with Crippen LogP contribution in [0.1, 0.15) is 65.0 Å². The van der Waals surface area contributed by atoms with Crippen molar-refractivity contribution in [1.29, 1.82) is 0 Å². The third-order valence-electron chi connectivity index (χ3n) is 4.85. The van der Waals surface area contributed by atoms with Gasteiger partial charge in [0.15, 0.2) is 0 Å². The molecule has 118 valence electrons. The number of hydrogen-bond acceptors (Lipinski definition) is 2. The number of piperazine rings is 1. The van der Waals surface area contributed by atoms with Gasteiger partial charge in [-0.3, -0.25) is 4.90 Å². The van der Waals surface area contributed by atoms with Crippen LogP contribution < -0.4 is 5.32 Å². The molecule has 1 saturated heterocycles. The summed E-state index contributed by atoms with van der Waals surface area (Å²) in [6, 6.07) is 12.1. The van der Waals surface area contributed by atoms with Gasteiger partial charge < -0.3 is 5.32 Å². The molecular formula is C19H32N2. The first-order valence-electron chi connectivity index (χ1n) is 8.63. The molecule has 0 amide bonds. The van der Waals surface area contributed by atoms with Crippen LogP contribution in [-0.4, -0.2) is 29.6 Å². The average Bonchev–Trinajstić information content (AvgIpc) is 2.48. The van der Waals surface area contributed by atoms with Gasteiger partial charge in [0.25, 0.3) is 0 Å². The van der Waals surface area contributed by atoms with Crippen molar-refractivity contribution in [3.63, 3.8) is 0 Å². The highest BCUT2D eigenvalue weighted by molar-refractivity contribution is 5.21. The predicted octanol–water partition coefficient (Wildman–Crippen LogP) is 4.38. The molecule has 1 aromatic rings. The number of nitrogens with one attached hydrogen (secondary N) is 1. The molecule has 2 heteroatoms. The Morgan fingerprint density at radius 2 is 1.86 bits per heavy atom. The average molecular weight is 288 g/mol. The minimum Gasteiger partial charge on any atom is -0.311 e. The first-order chi connectivity index (χ1) is 10.1. The normalized spacial score (nSPS) is 24.2. The maximum absolute atomic E-state index is 3.77. The van der Waals surface area contributed by atoms with Crippen molar-refractivity contribution in [2.45, 2.75) is 71.0 Å². The van der Waals surface area contributed by atoms with Crippen molar-refractivity contribution in [2.24, 2.45) is 0 Å². The number of benzene rings is 1. The zero-order valence-corrected chi connectivity index (χ0v) is 14.2. The van der Waals surface area contributed by atoms with Gasteiger partial charge in [-0.2, -0.15) is 0 Å². The molecule has 2 atom stereocenters. The Hall–Kier alpha value is -0.860. The zero-order valence-electron chi connectivity index (χ0n) is 14.2. The molecule has 2 unspecified atom stereocenters. The van der Waals surface area contributed by atoms with E-state index in [0.717, 1.165) is 6.54 Å². The highest BCUT2D eigenvalue weighted by Crippen LogP contribution is 2.33. The van der Waals surface area contributed by atoms with Crippen LogP contribution in [0.25, 0.3) is 0 Å². The van der Waals surface area contributed by atoms with Crippen molar-refractivity contribution in [3.05, 3.63) is 35.9 Å². The van der Waals surface area contributed by atoms with Gasteiger partial charge in [-0.05, 0) is 32.3 Å². The summed E-state index contributed by atoms with van der Waals surface area (Å²) >= 11 is 0. The Morgan fingerprint density at radius 1 is 1.14 bits per heavy atom. The molecule has 0 bridgehead atoms. The quantitative estimate of drug-likeness (QED) is 0.835. The highest BCUT2D eigenvalue weighted by Gasteiger charge is 2.37. The minimum atomic E-state index is 0.267. The maximum Gasteiger partial charge on any atom is 0.0478 e. The summed E-state index contributed by atoms with van der Waals surface area (Å²) in [5.41, 5.74) is 1.72. The molecule has 0 spiro atoms. The molecule has 0 radical (unpaired) electrons. The van der Waals surface area contributed by atoms with Gasteiger partial charge in [-0.25, -0.2) is 0 Å². The maximum atomic E-state index is 3.77. The molecule has 1 aliphatic rings. The molecule has 0 aliphatic carbocycles. The van der Waals surface area contributed by atoms with E-state index in [-0.39, 0.29) is 5.54 Å². The molecule has 2 rings (SSSR count). The molecular weight excluding hydrogens is 256 g/mol. The lowest BCUT2D eigenvalue weighted by Gasteiger charge is -2.49. The Morgan fingerprint density at radius 3 is 2.48 bits per heavy atom.